The summed E-state index contributed by atoms with van der Waals surface area (Å²) in [6.07, 6.45) is 0. The van der Waals surface area contributed by atoms with Gasteiger partial charge in [-0.25, -0.2) is 14.6 Å². The molecule has 0 aromatic carbocycles. The van der Waals surface area contributed by atoms with E-state index >= 15 is 0 Å². The maximum atomic E-state index is 11.6. The van der Waals surface area contributed by atoms with E-state index in [-0.39, 0.29) is 10.8 Å². The van der Waals surface area contributed by atoms with E-state index in [2.05, 4.69) is 16.7 Å². The summed E-state index contributed by atoms with van der Waals surface area (Å²) in [5, 5.41) is 14.0. The molecular formula is C12H15N3O5S. The summed E-state index contributed by atoms with van der Waals surface area (Å²) in [5.41, 5.74) is 4.22. The number of nitrogens with two attached hydrogens (primary N) is 1. The number of aliphatic carboxylic acids is 1. The Morgan fingerprint density at radius 2 is 2.10 bits per heavy atom. The lowest BCUT2D eigenvalue weighted by Crippen LogP contribution is -2.25. The first-order chi connectivity index (χ1) is 9.60. The van der Waals surface area contributed by atoms with Crippen molar-refractivity contribution in [3.63, 3.8) is 0 Å². The Kier molecular flexibility index (Phi) is 5.03. The summed E-state index contributed by atoms with van der Waals surface area (Å²) >= 11 is 1.05. The molecular weight excluding hydrogens is 298 g/mol. The molecule has 8 nitrogen and oxygen atoms in total. The number of anilines is 1. The van der Waals surface area contributed by atoms with Gasteiger partial charge in [-0.2, -0.15) is 0 Å². The molecule has 1 aromatic rings. The zero-order valence-electron chi connectivity index (χ0n) is 11.7. The van der Waals surface area contributed by atoms with E-state index in [1.807, 2.05) is 0 Å². The van der Waals surface area contributed by atoms with Gasteiger partial charge in [-0.3, -0.25) is 0 Å². The van der Waals surface area contributed by atoms with Crippen molar-refractivity contribution in [1.82, 2.24) is 4.98 Å². The number of aromatic nitrogens is 1. The van der Waals surface area contributed by atoms with Gasteiger partial charge in [0.25, 0.3) is 0 Å². The van der Waals surface area contributed by atoms with Crippen LogP contribution in [0.2, 0.25) is 0 Å². The number of ether oxygens (including phenoxy) is 1. The number of oxime groups is 1. The number of nitrogen functional groups attached to an aromatic ring is 1. The number of thiazole rings is 1. The van der Waals surface area contributed by atoms with Gasteiger partial charge in [0, 0.05) is 5.38 Å². The number of carboxylic acid groups (broad SMARTS) is 1. The molecule has 0 saturated carbocycles. The first-order valence-electron chi connectivity index (χ1n) is 5.72. The van der Waals surface area contributed by atoms with Crippen molar-refractivity contribution < 1.29 is 24.3 Å². The maximum absolute atomic E-state index is 11.6. The van der Waals surface area contributed by atoms with E-state index in [0.29, 0.717) is 0 Å². The van der Waals surface area contributed by atoms with Crippen molar-refractivity contribution in [2.75, 3.05) is 5.73 Å². The van der Waals surface area contributed by atoms with Gasteiger partial charge >= 0.3 is 11.9 Å². The molecule has 9 heteroatoms. The highest BCUT2D eigenvalue weighted by Gasteiger charge is 2.22. The van der Waals surface area contributed by atoms with Crippen molar-refractivity contribution in [3.05, 3.63) is 23.4 Å². The normalized spacial score (nSPS) is 11.9. The van der Waals surface area contributed by atoms with Gasteiger partial charge in [0.1, 0.15) is 11.3 Å². The molecule has 1 aromatic heterocycles. The fraction of sp³-hybridized carbons (Fsp3) is 0.333. The van der Waals surface area contributed by atoms with Crippen LogP contribution in [0.4, 0.5) is 5.13 Å². The van der Waals surface area contributed by atoms with Gasteiger partial charge in [0.05, 0.1) is 0 Å². The maximum Gasteiger partial charge on any atom is 0.376 e. The smallest absolute Gasteiger partial charge is 0.376 e. The van der Waals surface area contributed by atoms with Gasteiger partial charge in [-0.1, -0.05) is 5.16 Å². The number of nitrogens with zero attached hydrogens (tertiary/aromatic N) is 2. The number of carbonyl (C=O) groups excluding carboxylic acids is 1. The molecule has 0 amide bonds. The third kappa shape index (κ3) is 5.22. The van der Waals surface area contributed by atoms with Gasteiger partial charge in [-0.05, 0) is 27.4 Å². The Bertz CT molecular complexity index is 600. The SMILES string of the molecule is C=C(O/N=C(/C(=O)O)c1csc(N)n1)C(=O)OC(C)(C)C. The van der Waals surface area contributed by atoms with Gasteiger partial charge in [0.2, 0.25) is 11.5 Å². The Hall–Kier alpha value is -2.42. The van der Waals surface area contributed by atoms with Crippen LogP contribution in [-0.2, 0) is 19.2 Å². The fourth-order valence-corrected chi connectivity index (χ4v) is 1.61. The molecule has 0 unspecified atom stereocenters. The number of hydrogen-bond acceptors (Lipinski definition) is 8. The molecule has 0 saturated heterocycles. The molecule has 0 aliphatic rings. The lowest BCUT2D eigenvalue weighted by molar-refractivity contribution is -0.154. The van der Waals surface area contributed by atoms with Crippen LogP contribution in [-0.4, -0.2) is 33.3 Å². The molecule has 0 atom stereocenters. The Morgan fingerprint density at radius 1 is 1.48 bits per heavy atom. The monoisotopic (exact) mass is 313 g/mol. The molecule has 0 aliphatic carbocycles. The summed E-state index contributed by atoms with van der Waals surface area (Å²) in [6, 6.07) is 0. The first-order valence-corrected chi connectivity index (χ1v) is 6.60. The second-order valence-corrected chi connectivity index (χ2v) is 5.72. The predicted octanol–water partition coefficient (Wildman–Crippen LogP) is 1.39. The molecule has 3 N–H and O–H groups in total. The van der Waals surface area contributed by atoms with E-state index in [9.17, 15) is 9.59 Å². The van der Waals surface area contributed by atoms with Gasteiger partial charge in [0.15, 0.2) is 5.13 Å². The number of rotatable bonds is 5. The third-order valence-corrected chi connectivity index (χ3v) is 2.51. The highest BCUT2D eigenvalue weighted by atomic mass is 32.1. The zero-order chi connectivity index (χ0) is 16.2. The zero-order valence-corrected chi connectivity index (χ0v) is 12.6. The number of esters is 1. The van der Waals surface area contributed by atoms with Crippen LogP contribution in [0, 0.1) is 0 Å². The van der Waals surface area contributed by atoms with E-state index in [1.165, 1.54) is 5.38 Å². The summed E-state index contributed by atoms with van der Waals surface area (Å²) in [4.78, 5) is 31.1. The minimum absolute atomic E-state index is 0.0296. The van der Waals surface area contributed by atoms with Crippen molar-refractivity contribution in [3.8, 4) is 0 Å². The summed E-state index contributed by atoms with van der Waals surface area (Å²) in [7, 11) is 0. The highest BCUT2D eigenvalue weighted by molar-refractivity contribution is 7.13. The molecule has 21 heavy (non-hydrogen) atoms. The fourth-order valence-electron chi connectivity index (χ4n) is 1.06. The Morgan fingerprint density at radius 3 is 2.52 bits per heavy atom. The second-order valence-electron chi connectivity index (χ2n) is 4.83. The largest absolute Gasteiger partial charge is 0.476 e. The van der Waals surface area contributed by atoms with E-state index in [4.69, 9.17) is 20.4 Å². The minimum atomic E-state index is -1.38. The molecule has 0 fully saturated rings. The van der Waals surface area contributed by atoms with E-state index in [1.54, 1.807) is 20.8 Å². The predicted molar refractivity (Wildman–Crippen MR) is 76.8 cm³/mol. The Balaban J connectivity index is 2.82. The summed E-state index contributed by atoms with van der Waals surface area (Å²) in [6.45, 7) is 8.34. The average molecular weight is 313 g/mol. The highest BCUT2D eigenvalue weighted by Crippen LogP contribution is 2.14. The van der Waals surface area contributed by atoms with E-state index in [0.717, 1.165) is 11.3 Å². The third-order valence-electron chi connectivity index (χ3n) is 1.84. The van der Waals surface area contributed by atoms with Crippen LogP contribution in [0.15, 0.2) is 22.9 Å². The second kappa shape index (κ2) is 6.35. The van der Waals surface area contributed by atoms with Crippen LogP contribution >= 0.6 is 11.3 Å². The molecule has 1 heterocycles. The van der Waals surface area contributed by atoms with Crippen LogP contribution < -0.4 is 5.73 Å². The summed E-state index contributed by atoms with van der Waals surface area (Å²) in [5.74, 6) is -2.65. The number of hydrogen-bond donors (Lipinski definition) is 2. The lowest BCUT2D eigenvalue weighted by Gasteiger charge is -2.19. The number of carbonyl (C=O) groups is 2. The van der Waals surface area contributed by atoms with E-state index < -0.39 is 29.0 Å². The molecule has 1 rings (SSSR count). The minimum Gasteiger partial charge on any atom is -0.476 e. The topological polar surface area (TPSA) is 124 Å². The van der Waals surface area contributed by atoms with Gasteiger partial charge < -0.3 is 20.4 Å². The van der Waals surface area contributed by atoms with Crippen molar-refractivity contribution >= 4 is 34.1 Å². The van der Waals surface area contributed by atoms with Crippen LogP contribution in [0.1, 0.15) is 26.5 Å². The molecule has 0 spiro atoms. The Labute approximate surface area is 124 Å². The lowest BCUT2D eigenvalue weighted by atomic mass is 10.2. The quantitative estimate of drug-likeness (QED) is 0.277. The molecule has 0 radical (unpaired) electrons. The number of carboxylic acids is 1. The molecule has 114 valence electrons. The first kappa shape index (κ1) is 16.6. The van der Waals surface area contributed by atoms with Crippen molar-refractivity contribution in [2.24, 2.45) is 5.16 Å². The van der Waals surface area contributed by atoms with Crippen LogP contribution in [0.5, 0.6) is 0 Å². The summed E-state index contributed by atoms with van der Waals surface area (Å²) < 4.78 is 4.99. The van der Waals surface area contributed by atoms with Gasteiger partial charge in [-0.15, -0.1) is 11.3 Å². The molecule has 0 aliphatic heterocycles. The van der Waals surface area contributed by atoms with Crippen LogP contribution in [0.3, 0.4) is 0 Å². The molecule has 0 bridgehead atoms. The van der Waals surface area contributed by atoms with Crippen LogP contribution in [0.25, 0.3) is 0 Å². The standard InChI is InChI=1S/C12H15N3O5S/c1-6(10(18)19-12(2,3)4)20-15-8(9(16)17)7-5-21-11(13)14-7/h5H,1H2,2-4H3,(H2,13,14)(H,16,17)/b15-8+. The average Bonchev–Trinajstić information content (AvgIpc) is 2.73. The van der Waals surface area contributed by atoms with Crippen molar-refractivity contribution in [2.45, 2.75) is 26.4 Å². The van der Waals surface area contributed by atoms with Crippen molar-refractivity contribution in [1.29, 1.82) is 0 Å².